The molecule has 6 atom stereocenters. The highest BCUT2D eigenvalue weighted by Gasteiger charge is 2.75. The first-order valence-corrected chi connectivity index (χ1v) is 9.00. The van der Waals surface area contributed by atoms with Gasteiger partial charge in [-0.05, 0) is 43.9 Å². The smallest absolute Gasteiger partial charge is 0.312 e. The molecule has 0 bridgehead atoms. The van der Waals surface area contributed by atoms with Crippen LogP contribution in [0.4, 0.5) is 0 Å². The lowest BCUT2D eigenvalue weighted by Gasteiger charge is -2.60. The molecule has 1 aliphatic heterocycles. The van der Waals surface area contributed by atoms with Gasteiger partial charge in [-0.3, -0.25) is 9.59 Å². The fraction of sp³-hybridized carbons (Fsp3) is 0.889. The number of hydrogen-bond donors (Lipinski definition) is 0. The summed E-state index contributed by atoms with van der Waals surface area (Å²) in [5.41, 5.74) is -0.658. The molecule has 1 heterocycles. The lowest BCUT2D eigenvalue weighted by atomic mass is 9.42. The molecule has 0 aromatic heterocycles. The summed E-state index contributed by atoms with van der Waals surface area (Å²) in [6.45, 7) is 4.04. The number of carbonyl (C=O) groups is 2. The van der Waals surface area contributed by atoms with Gasteiger partial charge >= 0.3 is 5.97 Å². The molecule has 3 aliphatic carbocycles. The van der Waals surface area contributed by atoms with E-state index >= 15 is 0 Å². The molecule has 4 fully saturated rings. The largest absolute Gasteiger partial charge is 0.469 e. The summed E-state index contributed by atoms with van der Waals surface area (Å²) in [6.07, 6.45) is 4.36. The summed E-state index contributed by atoms with van der Waals surface area (Å²) < 4.78 is 17.4. The van der Waals surface area contributed by atoms with Crippen LogP contribution < -0.4 is 0 Å². The average molecular weight is 322 g/mol. The Morgan fingerprint density at radius 3 is 2.65 bits per heavy atom. The third-order valence-electron chi connectivity index (χ3n) is 7.03. The van der Waals surface area contributed by atoms with Gasteiger partial charge < -0.3 is 14.2 Å². The van der Waals surface area contributed by atoms with Crippen molar-refractivity contribution in [2.24, 2.45) is 23.2 Å². The molecule has 0 unspecified atom stereocenters. The lowest BCUT2D eigenvalue weighted by molar-refractivity contribution is -0.206. The van der Waals surface area contributed by atoms with Crippen LogP contribution in [0.5, 0.6) is 0 Å². The average Bonchev–Trinajstić information content (AvgIpc) is 3.14. The quantitative estimate of drug-likeness (QED) is 0.747. The number of Topliss-reactive ketones (excluding diaryl/α,β-unsaturated/α-hetero) is 1. The van der Waals surface area contributed by atoms with E-state index in [0.717, 1.165) is 19.3 Å². The fourth-order valence-corrected chi connectivity index (χ4v) is 5.97. The van der Waals surface area contributed by atoms with Gasteiger partial charge in [0.2, 0.25) is 0 Å². The number of fused-ring (bicyclic) bond motifs is 5. The Morgan fingerprint density at radius 2 is 2.00 bits per heavy atom. The molecule has 4 aliphatic rings. The molecule has 128 valence electrons. The Kier molecular flexibility index (Phi) is 3.40. The predicted molar refractivity (Wildman–Crippen MR) is 81.5 cm³/mol. The summed E-state index contributed by atoms with van der Waals surface area (Å²) >= 11 is 0. The summed E-state index contributed by atoms with van der Waals surface area (Å²) in [7, 11) is 1.43. The maximum Gasteiger partial charge on any atom is 0.312 e. The van der Waals surface area contributed by atoms with Crippen molar-refractivity contribution in [2.75, 3.05) is 7.11 Å². The van der Waals surface area contributed by atoms with Crippen molar-refractivity contribution in [1.82, 2.24) is 0 Å². The first-order valence-electron chi connectivity index (χ1n) is 9.00. The number of methoxy groups -OCH3 is 1. The van der Waals surface area contributed by atoms with E-state index in [9.17, 15) is 9.59 Å². The molecule has 0 N–H and O–H groups in total. The highest BCUT2D eigenvalue weighted by Crippen LogP contribution is 2.69. The van der Waals surface area contributed by atoms with Crippen LogP contribution in [0.3, 0.4) is 0 Å². The summed E-state index contributed by atoms with van der Waals surface area (Å²) in [5.74, 6) is -0.403. The molecular formula is C18H26O5. The van der Waals surface area contributed by atoms with Crippen molar-refractivity contribution in [3.63, 3.8) is 0 Å². The zero-order chi connectivity index (χ0) is 16.4. The molecule has 5 heteroatoms. The number of ketones is 1. The van der Waals surface area contributed by atoms with Crippen LogP contribution in [0.2, 0.25) is 0 Å². The van der Waals surface area contributed by atoms with Crippen molar-refractivity contribution in [3.8, 4) is 0 Å². The van der Waals surface area contributed by atoms with Crippen LogP contribution in [-0.2, 0) is 23.8 Å². The molecule has 23 heavy (non-hydrogen) atoms. The summed E-state index contributed by atoms with van der Waals surface area (Å²) in [5, 5.41) is 0. The predicted octanol–water partition coefficient (Wildman–Crippen LogP) is 2.47. The first kappa shape index (κ1) is 15.6. The van der Waals surface area contributed by atoms with Gasteiger partial charge in [0.25, 0.3) is 0 Å². The number of rotatable bonds is 3. The van der Waals surface area contributed by atoms with Crippen LogP contribution in [0, 0.1) is 23.2 Å². The molecule has 0 spiro atoms. The minimum Gasteiger partial charge on any atom is -0.469 e. The Bertz CT molecular complexity index is 540. The van der Waals surface area contributed by atoms with Gasteiger partial charge in [-0.15, -0.1) is 0 Å². The van der Waals surface area contributed by atoms with E-state index in [-0.39, 0.29) is 29.7 Å². The lowest BCUT2D eigenvalue weighted by Crippen LogP contribution is -2.68. The highest BCUT2D eigenvalue weighted by atomic mass is 16.8. The number of esters is 1. The fourth-order valence-electron chi connectivity index (χ4n) is 5.97. The molecule has 5 nitrogen and oxygen atoms in total. The Balaban J connectivity index is 1.70. The first-order chi connectivity index (χ1) is 11.0. The van der Waals surface area contributed by atoms with Crippen LogP contribution >= 0.6 is 0 Å². The van der Waals surface area contributed by atoms with E-state index in [2.05, 4.69) is 0 Å². The number of carbonyl (C=O) groups excluding carboxylic acids is 2. The standard InChI is InChI=1S/C18H26O5/c1-4-17(5-2)22-12-9-18(16(20)21-3)11-8-6-7-10(11)13(18)14(19)15(12)23-17/h10-13,15H,4-9H2,1-3H3/t10-,11+,12+,13-,15+,18+/m0/s1. The van der Waals surface area contributed by atoms with Gasteiger partial charge in [-0.25, -0.2) is 0 Å². The molecule has 3 saturated carbocycles. The van der Waals surface area contributed by atoms with E-state index in [0.29, 0.717) is 25.2 Å². The van der Waals surface area contributed by atoms with E-state index in [1.165, 1.54) is 7.11 Å². The van der Waals surface area contributed by atoms with E-state index in [1.807, 2.05) is 13.8 Å². The van der Waals surface area contributed by atoms with Crippen LogP contribution in [0.1, 0.15) is 52.4 Å². The second kappa shape index (κ2) is 5.03. The van der Waals surface area contributed by atoms with Gasteiger partial charge in [-0.1, -0.05) is 20.3 Å². The second-order valence-electron chi connectivity index (χ2n) is 7.63. The monoisotopic (exact) mass is 322 g/mol. The van der Waals surface area contributed by atoms with Gasteiger partial charge in [0.15, 0.2) is 11.6 Å². The van der Waals surface area contributed by atoms with Crippen molar-refractivity contribution in [2.45, 2.75) is 70.4 Å². The molecule has 4 rings (SSSR count). The molecule has 0 amide bonds. The number of ether oxygens (including phenoxy) is 3. The third-order valence-corrected chi connectivity index (χ3v) is 7.03. The Morgan fingerprint density at radius 1 is 1.26 bits per heavy atom. The van der Waals surface area contributed by atoms with Crippen molar-refractivity contribution in [1.29, 1.82) is 0 Å². The molecule has 0 radical (unpaired) electrons. The number of hydrogen-bond acceptors (Lipinski definition) is 5. The minimum absolute atomic E-state index is 0.0820. The SMILES string of the molecule is CCC1(CC)O[C@@H]2C[C@@]3(C(=O)OC)[C@@H]4CCC[C@@H]4[C@H]3C(=O)[C@@H]2O1. The maximum absolute atomic E-state index is 13.1. The maximum atomic E-state index is 13.1. The van der Waals surface area contributed by atoms with E-state index < -0.39 is 17.3 Å². The van der Waals surface area contributed by atoms with Gasteiger partial charge in [0, 0.05) is 5.92 Å². The minimum atomic E-state index is -0.665. The molecule has 1 saturated heterocycles. The van der Waals surface area contributed by atoms with Crippen molar-refractivity contribution >= 4 is 11.8 Å². The Labute approximate surface area is 137 Å². The van der Waals surface area contributed by atoms with Gasteiger partial charge in [-0.2, -0.15) is 0 Å². The van der Waals surface area contributed by atoms with E-state index in [1.54, 1.807) is 0 Å². The zero-order valence-electron chi connectivity index (χ0n) is 14.2. The normalized spacial score (nSPS) is 46.6. The highest BCUT2D eigenvalue weighted by molar-refractivity contribution is 5.96. The van der Waals surface area contributed by atoms with Crippen LogP contribution in [-0.4, -0.2) is 36.9 Å². The van der Waals surface area contributed by atoms with Crippen molar-refractivity contribution in [3.05, 3.63) is 0 Å². The Hall–Kier alpha value is -0.940. The van der Waals surface area contributed by atoms with Crippen LogP contribution in [0.25, 0.3) is 0 Å². The molecule has 0 aromatic carbocycles. The van der Waals surface area contributed by atoms with Crippen LogP contribution in [0.15, 0.2) is 0 Å². The molecule has 0 aromatic rings. The van der Waals surface area contributed by atoms with Crippen molar-refractivity contribution < 1.29 is 23.8 Å². The third kappa shape index (κ3) is 1.75. The second-order valence-corrected chi connectivity index (χ2v) is 7.63. The molecular weight excluding hydrogens is 296 g/mol. The van der Waals surface area contributed by atoms with Gasteiger partial charge in [0.05, 0.1) is 18.6 Å². The van der Waals surface area contributed by atoms with Gasteiger partial charge in [0.1, 0.15) is 6.10 Å². The topological polar surface area (TPSA) is 61.8 Å². The summed E-state index contributed by atoms with van der Waals surface area (Å²) in [4.78, 5) is 25.8. The van der Waals surface area contributed by atoms with E-state index in [4.69, 9.17) is 14.2 Å². The zero-order valence-corrected chi connectivity index (χ0v) is 14.2. The summed E-state index contributed by atoms with van der Waals surface area (Å²) in [6, 6.07) is 0.